The number of hydrogen-bond acceptors (Lipinski definition) is 4. The van der Waals surface area contributed by atoms with Gasteiger partial charge < -0.3 is 10.2 Å². The minimum absolute atomic E-state index is 0.0638. The molecule has 0 saturated heterocycles. The van der Waals surface area contributed by atoms with Gasteiger partial charge in [-0.25, -0.2) is 4.68 Å². The Morgan fingerprint density at radius 2 is 1.84 bits per heavy atom. The Kier molecular flexibility index (Phi) is 6.70. The number of nitrogens with one attached hydrogen (secondary N) is 1. The molecular formula is C19H28N4O2. The van der Waals surface area contributed by atoms with Gasteiger partial charge in [-0.2, -0.15) is 5.10 Å². The first kappa shape index (κ1) is 19.1. The number of hydrogen-bond donors (Lipinski definition) is 1. The van der Waals surface area contributed by atoms with Crippen LogP contribution in [0.5, 0.6) is 0 Å². The lowest BCUT2D eigenvalue weighted by atomic mass is 10.0. The fraction of sp³-hybridized carbons (Fsp3) is 0.526. The molecule has 2 rings (SSSR count). The van der Waals surface area contributed by atoms with Crippen LogP contribution in [-0.4, -0.2) is 46.8 Å². The quantitative estimate of drug-likeness (QED) is 0.795. The average molecular weight is 344 g/mol. The van der Waals surface area contributed by atoms with Crippen molar-refractivity contribution in [3.8, 4) is 0 Å². The maximum atomic E-state index is 12.6. The number of carbonyl (C=O) groups excluding carboxylic acids is 1. The third-order valence-corrected chi connectivity index (χ3v) is 4.62. The van der Waals surface area contributed by atoms with Crippen LogP contribution < -0.4 is 10.9 Å². The molecular weight excluding hydrogens is 316 g/mol. The number of rotatable bonds is 8. The van der Waals surface area contributed by atoms with Crippen LogP contribution in [0.4, 0.5) is 0 Å². The molecule has 1 amide bonds. The van der Waals surface area contributed by atoms with Crippen molar-refractivity contribution in [1.29, 1.82) is 0 Å². The predicted molar refractivity (Wildman–Crippen MR) is 101 cm³/mol. The summed E-state index contributed by atoms with van der Waals surface area (Å²) in [5.41, 5.74) is 0.536. The zero-order valence-electron chi connectivity index (χ0n) is 15.6. The second kappa shape index (κ2) is 8.76. The lowest BCUT2D eigenvalue weighted by Crippen LogP contribution is -2.37. The van der Waals surface area contributed by atoms with Crippen molar-refractivity contribution in [2.24, 2.45) is 0 Å². The van der Waals surface area contributed by atoms with E-state index in [4.69, 9.17) is 0 Å². The van der Waals surface area contributed by atoms with Crippen molar-refractivity contribution in [1.82, 2.24) is 20.0 Å². The van der Waals surface area contributed by atoms with E-state index >= 15 is 0 Å². The smallest absolute Gasteiger partial charge is 0.274 e. The van der Waals surface area contributed by atoms with Gasteiger partial charge in [-0.15, -0.1) is 0 Å². The molecule has 0 radical (unpaired) electrons. The van der Waals surface area contributed by atoms with Gasteiger partial charge in [0.1, 0.15) is 0 Å². The summed E-state index contributed by atoms with van der Waals surface area (Å²) in [7, 11) is 0. The van der Waals surface area contributed by atoms with E-state index < -0.39 is 5.92 Å². The Hall–Kier alpha value is -2.21. The maximum Gasteiger partial charge on any atom is 0.274 e. The first-order chi connectivity index (χ1) is 12.0. The molecule has 136 valence electrons. The zero-order chi connectivity index (χ0) is 18.4. The van der Waals surface area contributed by atoms with Crippen LogP contribution in [0.3, 0.4) is 0 Å². The number of benzene rings is 1. The highest BCUT2D eigenvalue weighted by molar-refractivity contribution is 5.91. The first-order valence-electron chi connectivity index (χ1n) is 9.03. The predicted octanol–water partition coefficient (Wildman–Crippen LogP) is 1.98. The number of nitrogens with zero attached hydrogens (tertiary/aromatic N) is 3. The SMILES string of the molecule is CCN(CC)CCNC(=O)[C@H](C)c1nn(CC)c(=O)c2ccccc12. The van der Waals surface area contributed by atoms with Gasteiger partial charge in [-0.05, 0) is 33.0 Å². The van der Waals surface area contributed by atoms with E-state index in [1.54, 1.807) is 6.07 Å². The second-order valence-corrected chi connectivity index (χ2v) is 6.09. The highest BCUT2D eigenvalue weighted by Gasteiger charge is 2.21. The van der Waals surface area contributed by atoms with E-state index in [9.17, 15) is 9.59 Å². The summed E-state index contributed by atoms with van der Waals surface area (Å²) in [5, 5.41) is 8.80. The van der Waals surface area contributed by atoms with Crippen molar-refractivity contribution < 1.29 is 4.79 Å². The Labute approximate surface area is 148 Å². The first-order valence-corrected chi connectivity index (χ1v) is 9.03. The zero-order valence-corrected chi connectivity index (χ0v) is 15.6. The van der Waals surface area contributed by atoms with Crippen LogP contribution in [0.25, 0.3) is 10.8 Å². The monoisotopic (exact) mass is 344 g/mol. The van der Waals surface area contributed by atoms with E-state index in [1.807, 2.05) is 32.0 Å². The molecule has 0 aliphatic rings. The lowest BCUT2D eigenvalue weighted by Gasteiger charge is -2.19. The minimum atomic E-state index is -0.417. The number of amides is 1. The molecule has 6 heteroatoms. The molecule has 0 aliphatic carbocycles. The van der Waals surface area contributed by atoms with Gasteiger partial charge in [0.25, 0.3) is 5.56 Å². The van der Waals surface area contributed by atoms with Crippen LogP contribution >= 0.6 is 0 Å². The van der Waals surface area contributed by atoms with Crippen LogP contribution in [-0.2, 0) is 11.3 Å². The fourth-order valence-electron chi connectivity index (χ4n) is 2.95. The highest BCUT2D eigenvalue weighted by atomic mass is 16.2. The van der Waals surface area contributed by atoms with Gasteiger partial charge in [-0.1, -0.05) is 32.0 Å². The second-order valence-electron chi connectivity index (χ2n) is 6.09. The van der Waals surface area contributed by atoms with E-state index in [-0.39, 0.29) is 11.5 Å². The van der Waals surface area contributed by atoms with Crippen molar-refractivity contribution in [2.75, 3.05) is 26.2 Å². The molecule has 1 aromatic carbocycles. The summed E-state index contributed by atoms with van der Waals surface area (Å²) in [6, 6.07) is 7.36. The summed E-state index contributed by atoms with van der Waals surface area (Å²) in [6.45, 7) is 11.8. The van der Waals surface area contributed by atoms with Gasteiger partial charge in [-0.3, -0.25) is 9.59 Å². The number of aryl methyl sites for hydroxylation is 1. The molecule has 0 bridgehead atoms. The van der Waals surface area contributed by atoms with Crippen molar-refractivity contribution in [3.63, 3.8) is 0 Å². The number of carbonyl (C=O) groups is 1. The molecule has 0 saturated carbocycles. The van der Waals surface area contributed by atoms with E-state index in [1.165, 1.54) is 4.68 Å². The summed E-state index contributed by atoms with van der Waals surface area (Å²) < 4.78 is 1.43. The van der Waals surface area contributed by atoms with Gasteiger partial charge in [0.2, 0.25) is 5.91 Å². The van der Waals surface area contributed by atoms with Gasteiger partial charge in [0.05, 0.1) is 17.0 Å². The molecule has 1 atom stereocenters. The number of aromatic nitrogens is 2. The molecule has 1 heterocycles. The van der Waals surface area contributed by atoms with E-state index in [2.05, 4.69) is 29.2 Å². The highest BCUT2D eigenvalue weighted by Crippen LogP contribution is 2.21. The number of fused-ring (bicyclic) bond motifs is 1. The van der Waals surface area contributed by atoms with Crippen molar-refractivity contribution >= 4 is 16.7 Å². The topological polar surface area (TPSA) is 67.2 Å². The van der Waals surface area contributed by atoms with Crippen LogP contribution in [0.1, 0.15) is 39.3 Å². The van der Waals surface area contributed by atoms with Crippen LogP contribution in [0.2, 0.25) is 0 Å². The molecule has 2 aromatic rings. The lowest BCUT2D eigenvalue weighted by molar-refractivity contribution is -0.122. The van der Waals surface area contributed by atoms with Crippen LogP contribution in [0.15, 0.2) is 29.1 Å². The third-order valence-electron chi connectivity index (χ3n) is 4.62. The Morgan fingerprint density at radius 3 is 2.44 bits per heavy atom. The standard InChI is InChI=1S/C19H28N4O2/c1-5-22(6-2)13-12-20-18(24)14(4)17-15-10-8-9-11-16(15)19(25)23(7-3)21-17/h8-11,14H,5-7,12-13H2,1-4H3,(H,20,24)/t14-/m1/s1. The Morgan fingerprint density at radius 1 is 1.20 bits per heavy atom. The molecule has 25 heavy (non-hydrogen) atoms. The average Bonchev–Trinajstić information content (AvgIpc) is 2.65. The van der Waals surface area contributed by atoms with Crippen molar-refractivity contribution in [2.45, 2.75) is 40.2 Å². The van der Waals surface area contributed by atoms with Gasteiger partial charge >= 0.3 is 0 Å². The van der Waals surface area contributed by atoms with Gasteiger partial charge in [0.15, 0.2) is 0 Å². The molecule has 0 unspecified atom stereocenters. The summed E-state index contributed by atoms with van der Waals surface area (Å²) in [6.07, 6.45) is 0. The molecule has 0 aliphatic heterocycles. The summed E-state index contributed by atoms with van der Waals surface area (Å²) >= 11 is 0. The minimum Gasteiger partial charge on any atom is -0.354 e. The van der Waals surface area contributed by atoms with Crippen LogP contribution in [0, 0.1) is 0 Å². The molecule has 0 spiro atoms. The molecule has 1 aromatic heterocycles. The Bertz CT molecular complexity index is 781. The van der Waals surface area contributed by atoms with Crippen molar-refractivity contribution in [3.05, 3.63) is 40.3 Å². The molecule has 6 nitrogen and oxygen atoms in total. The number of likely N-dealkylation sites (N-methyl/N-ethyl adjacent to an activating group) is 1. The Balaban J connectivity index is 2.24. The van der Waals surface area contributed by atoms with Gasteiger partial charge in [0, 0.05) is 25.0 Å². The third kappa shape index (κ3) is 4.25. The largest absolute Gasteiger partial charge is 0.354 e. The molecule has 0 fully saturated rings. The van der Waals surface area contributed by atoms with E-state index in [0.717, 1.165) is 25.0 Å². The van der Waals surface area contributed by atoms with E-state index in [0.29, 0.717) is 24.2 Å². The summed E-state index contributed by atoms with van der Waals surface area (Å²) in [4.78, 5) is 27.2. The summed E-state index contributed by atoms with van der Waals surface area (Å²) in [5.74, 6) is -0.480. The normalized spacial score (nSPS) is 12.5. The molecule has 1 N–H and O–H groups in total. The fourth-order valence-corrected chi connectivity index (χ4v) is 2.95. The maximum absolute atomic E-state index is 12.6.